The van der Waals surface area contributed by atoms with Gasteiger partial charge >= 0.3 is 5.69 Å². The molecule has 3 aromatic rings. The first-order valence-corrected chi connectivity index (χ1v) is 8.46. The number of carbonyl (C=O) groups excluding carboxylic acids is 1. The monoisotopic (exact) mass is 372 g/mol. The fourth-order valence-corrected chi connectivity index (χ4v) is 2.56. The third kappa shape index (κ3) is 3.90. The first kappa shape index (κ1) is 18.4. The predicted molar refractivity (Wildman–Crippen MR) is 99.6 cm³/mol. The number of aromatic nitrogens is 4. The van der Waals surface area contributed by atoms with Crippen LogP contribution in [-0.2, 0) is 11.3 Å². The standard InChI is InChI=1S/C17H20N6O4/c1-2-23-16(25)13-15(22-17(23)26)21-14(20-13)10-3-5-11(6-4-10)27-9-12(24)19-8-7-18/h3-6H,2,7-9,18H2,1H3,(H,19,24)(H,20,21)(H,22,26). The number of hydrogen-bond acceptors (Lipinski definition) is 6. The van der Waals surface area contributed by atoms with Gasteiger partial charge in [-0.2, -0.15) is 0 Å². The zero-order valence-corrected chi connectivity index (χ0v) is 14.7. The van der Waals surface area contributed by atoms with Crippen LogP contribution in [0.15, 0.2) is 33.9 Å². The minimum atomic E-state index is -0.496. The molecular weight excluding hydrogens is 352 g/mol. The van der Waals surface area contributed by atoms with Crippen LogP contribution in [0, 0.1) is 0 Å². The smallest absolute Gasteiger partial charge is 0.330 e. The maximum absolute atomic E-state index is 12.3. The lowest BCUT2D eigenvalue weighted by atomic mass is 10.2. The van der Waals surface area contributed by atoms with Gasteiger partial charge in [0.05, 0.1) is 0 Å². The second-order valence-corrected chi connectivity index (χ2v) is 5.74. The van der Waals surface area contributed by atoms with Crippen molar-refractivity contribution in [2.45, 2.75) is 13.5 Å². The highest BCUT2D eigenvalue weighted by atomic mass is 16.5. The molecule has 1 amide bonds. The third-order valence-corrected chi connectivity index (χ3v) is 3.91. The molecule has 0 saturated carbocycles. The van der Waals surface area contributed by atoms with Crippen LogP contribution in [0.2, 0.25) is 0 Å². The fraction of sp³-hybridized carbons (Fsp3) is 0.294. The van der Waals surface area contributed by atoms with Crippen LogP contribution in [-0.4, -0.2) is 45.1 Å². The number of hydrogen-bond donors (Lipinski definition) is 4. The van der Waals surface area contributed by atoms with Crippen molar-refractivity contribution in [1.82, 2.24) is 24.8 Å². The molecule has 1 aromatic carbocycles. The maximum Gasteiger partial charge on any atom is 0.330 e. The van der Waals surface area contributed by atoms with E-state index in [0.29, 0.717) is 30.2 Å². The molecule has 2 aromatic heterocycles. The number of amides is 1. The summed E-state index contributed by atoms with van der Waals surface area (Å²) in [4.78, 5) is 45.5. The number of ether oxygens (including phenoxy) is 1. The number of fused-ring (bicyclic) bond motifs is 1. The Labute approximate surface area is 153 Å². The second kappa shape index (κ2) is 7.87. The van der Waals surface area contributed by atoms with Gasteiger partial charge < -0.3 is 20.8 Å². The number of rotatable bonds is 7. The highest BCUT2D eigenvalue weighted by Crippen LogP contribution is 2.21. The van der Waals surface area contributed by atoms with Gasteiger partial charge in [0.15, 0.2) is 12.3 Å². The van der Waals surface area contributed by atoms with Crippen LogP contribution in [0.4, 0.5) is 0 Å². The van der Waals surface area contributed by atoms with Crippen molar-refractivity contribution >= 4 is 17.1 Å². The van der Waals surface area contributed by atoms with Crippen LogP contribution < -0.4 is 27.0 Å². The van der Waals surface area contributed by atoms with Gasteiger partial charge in [-0.3, -0.25) is 19.1 Å². The van der Waals surface area contributed by atoms with Crippen molar-refractivity contribution in [2.24, 2.45) is 5.73 Å². The average molecular weight is 372 g/mol. The number of benzene rings is 1. The van der Waals surface area contributed by atoms with Gasteiger partial charge in [0.1, 0.15) is 17.1 Å². The lowest BCUT2D eigenvalue weighted by molar-refractivity contribution is -0.123. The molecule has 0 radical (unpaired) electrons. The number of nitrogens with zero attached hydrogens (tertiary/aromatic N) is 2. The van der Waals surface area contributed by atoms with E-state index in [2.05, 4.69) is 20.3 Å². The van der Waals surface area contributed by atoms with E-state index < -0.39 is 11.2 Å². The van der Waals surface area contributed by atoms with E-state index in [0.717, 1.165) is 4.57 Å². The van der Waals surface area contributed by atoms with Crippen molar-refractivity contribution in [1.29, 1.82) is 0 Å². The Morgan fingerprint density at radius 1 is 1.26 bits per heavy atom. The molecule has 27 heavy (non-hydrogen) atoms. The molecule has 3 rings (SSSR count). The van der Waals surface area contributed by atoms with Crippen molar-refractivity contribution in [3.8, 4) is 17.1 Å². The van der Waals surface area contributed by atoms with E-state index >= 15 is 0 Å². The molecule has 0 aliphatic heterocycles. The van der Waals surface area contributed by atoms with Crippen molar-refractivity contribution in [3.05, 3.63) is 45.1 Å². The van der Waals surface area contributed by atoms with Gasteiger partial charge in [-0.1, -0.05) is 0 Å². The van der Waals surface area contributed by atoms with Gasteiger partial charge in [0, 0.05) is 25.2 Å². The zero-order valence-electron chi connectivity index (χ0n) is 14.7. The minimum Gasteiger partial charge on any atom is -0.484 e. The van der Waals surface area contributed by atoms with E-state index in [1.54, 1.807) is 31.2 Å². The van der Waals surface area contributed by atoms with Crippen molar-refractivity contribution in [2.75, 3.05) is 19.7 Å². The quantitative estimate of drug-likeness (QED) is 0.442. The molecule has 0 saturated heterocycles. The van der Waals surface area contributed by atoms with E-state index in [1.165, 1.54) is 0 Å². The summed E-state index contributed by atoms with van der Waals surface area (Å²) in [6.07, 6.45) is 0. The molecule has 0 bridgehead atoms. The summed E-state index contributed by atoms with van der Waals surface area (Å²) in [6.45, 7) is 2.64. The normalized spacial score (nSPS) is 10.9. The molecule has 0 fully saturated rings. The topological polar surface area (TPSA) is 148 Å². The van der Waals surface area contributed by atoms with Crippen LogP contribution >= 0.6 is 0 Å². The van der Waals surface area contributed by atoms with E-state index in [4.69, 9.17) is 10.5 Å². The number of aromatic amines is 2. The first-order valence-electron chi connectivity index (χ1n) is 8.46. The van der Waals surface area contributed by atoms with Crippen LogP contribution in [0.3, 0.4) is 0 Å². The third-order valence-electron chi connectivity index (χ3n) is 3.91. The number of nitrogens with one attached hydrogen (secondary N) is 3. The molecule has 10 nitrogen and oxygen atoms in total. The molecule has 0 spiro atoms. The SMILES string of the molecule is CCn1c(=O)[nH]c2nc(-c3ccc(OCC(=O)NCCN)cc3)[nH]c2c1=O. The number of imidazole rings is 1. The zero-order chi connectivity index (χ0) is 19.4. The lowest BCUT2D eigenvalue weighted by Gasteiger charge is -2.07. The Kier molecular flexibility index (Phi) is 5.36. The Hall–Kier alpha value is -3.40. The molecule has 0 aliphatic rings. The van der Waals surface area contributed by atoms with E-state index in [1.807, 2.05) is 0 Å². The summed E-state index contributed by atoms with van der Waals surface area (Å²) in [5.41, 5.74) is 5.55. The summed E-state index contributed by atoms with van der Waals surface area (Å²) < 4.78 is 6.49. The molecule has 0 unspecified atom stereocenters. The molecule has 142 valence electrons. The molecule has 0 aliphatic carbocycles. The van der Waals surface area contributed by atoms with Crippen LogP contribution in [0.1, 0.15) is 6.92 Å². The van der Waals surface area contributed by atoms with Crippen molar-refractivity contribution < 1.29 is 9.53 Å². The Balaban J connectivity index is 1.79. The summed E-state index contributed by atoms with van der Waals surface area (Å²) >= 11 is 0. The van der Waals surface area contributed by atoms with Gasteiger partial charge in [-0.05, 0) is 31.2 Å². The van der Waals surface area contributed by atoms with Crippen LogP contribution in [0.5, 0.6) is 5.75 Å². The predicted octanol–water partition coefficient (Wildman–Crippen LogP) is -0.446. The second-order valence-electron chi connectivity index (χ2n) is 5.74. The van der Waals surface area contributed by atoms with E-state index in [9.17, 15) is 14.4 Å². The number of nitrogens with two attached hydrogens (primary N) is 1. The van der Waals surface area contributed by atoms with Gasteiger partial charge in [0.2, 0.25) is 0 Å². The molecule has 0 atom stereocenters. The Morgan fingerprint density at radius 3 is 2.67 bits per heavy atom. The average Bonchev–Trinajstić information content (AvgIpc) is 3.09. The van der Waals surface area contributed by atoms with Gasteiger partial charge in [-0.15, -0.1) is 0 Å². The highest BCUT2D eigenvalue weighted by Gasteiger charge is 2.12. The molecule has 2 heterocycles. The van der Waals surface area contributed by atoms with Gasteiger partial charge in [0.25, 0.3) is 11.5 Å². The summed E-state index contributed by atoms with van der Waals surface area (Å²) in [7, 11) is 0. The van der Waals surface area contributed by atoms with Crippen molar-refractivity contribution in [3.63, 3.8) is 0 Å². The number of carbonyl (C=O) groups is 1. The first-order chi connectivity index (χ1) is 13.0. The summed E-state index contributed by atoms with van der Waals surface area (Å²) in [5.74, 6) is 0.705. The Morgan fingerprint density at radius 2 is 2.00 bits per heavy atom. The fourth-order valence-electron chi connectivity index (χ4n) is 2.56. The lowest BCUT2D eigenvalue weighted by Crippen LogP contribution is -2.34. The number of H-pyrrole nitrogens is 2. The van der Waals surface area contributed by atoms with E-state index in [-0.39, 0.29) is 30.2 Å². The molecule has 5 N–H and O–H groups in total. The van der Waals surface area contributed by atoms with Gasteiger partial charge in [-0.25, -0.2) is 9.78 Å². The largest absolute Gasteiger partial charge is 0.484 e. The summed E-state index contributed by atoms with van der Waals surface area (Å²) in [6, 6.07) is 6.85. The molecule has 10 heteroatoms. The van der Waals surface area contributed by atoms with Crippen LogP contribution in [0.25, 0.3) is 22.6 Å². The highest BCUT2D eigenvalue weighted by molar-refractivity contribution is 5.77. The summed E-state index contributed by atoms with van der Waals surface area (Å²) in [5, 5.41) is 2.61. The maximum atomic E-state index is 12.3. The molecular formula is C17H20N6O4. The Bertz CT molecular complexity index is 1060. The minimum absolute atomic E-state index is 0.109.